The van der Waals surface area contributed by atoms with Crippen molar-refractivity contribution in [2.24, 2.45) is 10.5 Å². The number of amides is 1. The first-order valence-corrected chi connectivity index (χ1v) is 9.06. The lowest BCUT2D eigenvalue weighted by Gasteiger charge is -2.29. The summed E-state index contributed by atoms with van der Waals surface area (Å²) in [5, 5.41) is 4.21. The van der Waals surface area contributed by atoms with E-state index >= 15 is 0 Å². The van der Waals surface area contributed by atoms with E-state index in [0.29, 0.717) is 42.9 Å². The van der Waals surface area contributed by atoms with Gasteiger partial charge in [-0.25, -0.2) is 5.43 Å². The minimum Gasteiger partial charge on any atom is -0.488 e. The number of hydrazone groups is 1. The van der Waals surface area contributed by atoms with Gasteiger partial charge in [0.15, 0.2) is 0 Å². The molecule has 2 aromatic carbocycles. The highest BCUT2D eigenvalue weighted by molar-refractivity contribution is 6.05. The number of Topliss-reactive ketones (excluding diaryl/α,β-unsaturated/α-hetero) is 1. The summed E-state index contributed by atoms with van der Waals surface area (Å²) in [6, 6.07) is 16.8. The minimum atomic E-state index is -0.345. The van der Waals surface area contributed by atoms with Crippen LogP contribution < -0.4 is 10.2 Å². The molecule has 1 fully saturated rings. The molecule has 5 nitrogen and oxygen atoms in total. The Morgan fingerprint density at radius 2 is 1.78 bits per heavy atom. The second-order valence-electron chi connectivity index (χ2n) is 7.62. The van der Waals surface area contributed by atoms with Gasteiger partial charge in [0, 0.05) is 18.6 Å². The Labute approximate surface area is 159 Å². The summed E-state index contributed by atoms with van der Waals surface area (Å²) in [5.74, 6) is 0.312. The van der Waals surface area contributed by atoms with Crippen molar-refractivity contribution < 1.29 is 14.3 Å². The highest BCUT2D eigenvalue weighted by atomic mass is 16.5. The van der Waals surface area contributed by atoms with Crippen LogP contribution in [0.25, 0.3) is 0 Å². The molecule has 2 aromatic rings. The van der Waals surface area contributed by atoms with Gasteiger partial charge in [0.25, 0.3) is 5.91 Å². The van der Waals surface area contributed by atoms with E-state index in [0.717, 1.165) is 5.56 Å². The van der Waals surface area contributed by atoms with Gasteiger partial charge in [-0.05, 0) is 29.5 Å². The maximum Gasteiger partial charge on any atom is 0.275 e. The Hall–Kier alpha value is -2.95. The summed E-state index contributed by atoms with van der Waals surface area (Å²) in [4.78, 5) is 24.4. The topological polar surface area (TPSA) is 67.8 Å². The lowest BCUT2D eigenvalue weighted by molar-refractivity contribution is -0.120. The summed E-state index contributed by atoms with van der Waals surface area (Å²) in [5.41, 5.74) is 4.62. The van der Waals surface area contributed by atoms with Crippen molar-refractivity contribution >= 4 is 17.4 Å². The second-order valence-corrected chi connectivity index (χ2v) is 7.62. The van der Waals surface area contributed by atoms with Gasteiger partial charge >= 0.3 is 0 Å². The lowest BCUT2D eigenvalue weighted by Crippen LogP contribution is -2.31. The predicted molar refractivity (Wildman–Crippen MR) is 105 cm³/mol. The van der Waals surface area contributed by atoms with Crippen molar-refractivity contribution in [2.45, 2.75) is 39.7 Å². The van der Waals surface area contributed by atoms with Crippen molar-refractivity contribution in [3.63, 3.8) is 0 Å². The summed E-state index contributed by atoms with van der Waals surface area (Å²) >= 11 is 0. The molecule has 3 rings (SSSR count). The third kappa shape index (κ3) is 5.26. The zero-order valence-corrected chi connectivity index (χ0v) is 15.7. The molecule has 1 N–H and O–H groups in total. The third-order valence-corrected chi connectivity index (χ3v) is 4.44. The first-order valence-electron chi connectivity index (χ1n) is 9.06. The fraction of sp³-hybridized carbons (Fsp3) is 0.318. The normalized spacial score (nSPS) is 17.6. The van der Waals surface area contributed by atoms with Crippen LogP contribution in [0, 0.1) is 5.41 Å². The number of hydrogen-bond donors (Lipinski definition) is 1. The molecule has 0 spiro atoms. The van der Waals surface area contributed by atoms with Crippen molar-refractivity contribution in [2.75, 3.05) is 0 Å². The Morgan fingerprint density at radius 1 is 1.07 bits per heavy atom. The van der Waals surface area contributed by atoms with Gasteiger partial charge < -0.3 is 4.74 Å². The summed E-state index contributed by atoms with van der Waals surface area (Å²) in [6.07, 6.45) is 1.55. The van der Waals surface area contributed by atoms with Crippen LogP contribution in [-0.2, 0) is 11.4 Å². The Kier molecular flexibility index (Phi) is 5.69. The van der Waals surface area contributed by atoms with E-state index in [9.17, 15) is 9.59 Å². The molecule has 0 saturated heterocycles. The number of nitrogens with zero attached hydrogens (tertiary/aromatic N) is 1. The third-order valence-electron chi connectivity index (χ3n) is 4.44. The molecule has 0 atom stereocenters. The molecular formula is C22H24N2O3. The van der Waals surface area contributed by atoms with E-state index in [2.05, 4.69) is 10.5 Å². The summed E-state index contributed by atoms with van der Waals surface area (Å²) in [7, 11) is 0. The minimum absolute atomic E-state index is 0.115. The zero-order valence-electron chi connectivity index (χ0n) is 15.7. The number of para-hydroxylation sites is 1. The molecule has 0 radical (unpaired) electrons. The molecule has 1 amide bonds. The van der Waals surface area contributed by atoms with E-state index in [4.69, 9.17) is 4.74 Å². The first-order chi connectivity index (χ1) is 12.9. The fourth-order valence-electron chi connectivity index (χ4n) is 3.29. The van der Waals surface area contributed by atoms with Gasteiger partial charge in [-0.1, -0.05) is 56.3 Å². The van der Waals surface area contributed by atoms with E-state index in [1.165, 1.54) is 0 Å². The van der Waals surface area contributed by atoms with Crippen molar-refractivity contribution in [3.05, 3.63) is 65.7 Å². The Balaban J connectivity index is 1.68. The van der Waals surface area contributed by atoms with Crippen LogP contribution in [0.2, 0.25) is 0 Å². The summed E-state index contributed by atoms with van der Waals surface area (Å²) in [6.45, 7) is 4.45. The fourth-order valence-corrected chi connectivity index (χ4v) is 3.29. The maximum absolute atomic E-state index is 12.6. The van der Waals surface area contributed by atoms with Crippen molar-refractivity contribution in [1.29, 1.82) is 0 Å². The van der Waals surface area contributed by atoms with Crippen molar-refractivity contribution in [1.82, 2.24) is 5.43 Å². The van der Waals surface area contributed by atoms with Crippen LogP contribution in [-0.4, -0.2) is 17.4 Å². The molecule has 1 aliphatic rings. The first kappa shape index (κ1) is 18.8. The number of ether oxygens (including phenoxy) is 1. The molecule has 0 heterocycles. The van der Waals surface area contributed by atoms with Gasteiger partial charge in [-0.2, -0.15) is 5.10 Å². The molecule has 27 heavy (non-hydrogen) atoms. The van der Waals surface area contributed by atoms with Crippen LogP contribution >= 0.6 is 0 Å². The Bertz CT molecular complexity index is 857. The molecule has 0 aliphatic heterocycles. The number of ketones is 1. The van der Waals surface area contributed by atoms with Crippen LogP contribution in [0.5, 0.6) is 5.75 Å². The smallest absolute Gasteiger partial charge is 0.275 e. The number of nitrogens with one attached hydrogen (secondary N) is 1. The molecule has 5 heteroatoms. The van der Waals surface area contributed by atoms with Crippen LogP contribution in [0.15, 0.2) is 59.7 Å². The number of carbonyl (C=O) groups excluding carboxylic acids is 2. The monoisotopic (exact) mass is 364 g/mol. The van der Waals surface area contributed by atoms with Gasteiger partial charge in [0.1, 0.15) is 18.1 Å². The van der Waals surface area contributed by atoms with E-state index in [1.54, 1.807) is 18.2 Å². The lowest BCUT2D eigenvalue weighted by atomic mass is 9.76. The molecular weight excluding hydrogens is 340 g/mol. The molecule has 1 saturated carbocycles. The summed E-state index contributed by atoms with van der Waals surface area (Å²) < 4.78 is 5.82. The Morgan fingerprint density at radius 3 is 2.52 bits per heavy atom. The zero-order chi connectivity index (χ0) is 19.3. The van der Waals surface area contributed by atoms with Crippen LogP contribution in [0.3, 0.4) is 0 Å². The average Bonchev–Trinajstić information content (AvgIpc) is 2.64. The molecule has 0 aromatic heterocycles. The van der Waals surface area contributed by atoms with Gasteiger partial charge in [0.2, 0.25) is 0 Å². The van der Waals surface area contributed by atoms with Crippen LogP contribution in [0.1, 0.15) is 49.0 Å². The number of rotatable bonds is 5. The second kappa shape index (κ2) is 8.16. The van der Waals surface area contributed by atoms with Crippen molar-refractivity contribution in [3.8, 4) is 5.75 Å². The standard InChI is InChI=1S/C22H24N2O3/c1-22(2)13-17(12-18(25)14-22)23-24-21(26)19-10-6-7-11-20(19)27-15-16-8-4-3-5-9-16/h3-11H,12-15H2,1-2H3,(H,24,26). The quantitative estimate of drug-likeness (QED) is 0.811. The highest BCUT2D eigenvalue weighted by Gasteiger charge is 2.30. The number of benzene rings is 2. The maximum atomic E-state index is 12.6. The van der Waals surface area contributed by atoms with Gasteiger partial charge in [-0.15, -0.1) is 0 Å². The van der Waals surface area contributed by atoms with Gasteiger partial charge in [0.05, 0.1) is 5.56 Å². The van der Waals surface area contributed by atoms with Crippen LogP contribution in [0.4, 0.5) is 0 Å². The predicted octanol–water partition coefficient (Wildman–Crippen LogP) is 4.13. The van der Waals surface area contributed by atoms with E-state index in [-0.39, 0.29) is 17.1 Å². The average molecular weight is 364 g/mol. The number of carbonyl (C=O) groups is 2. The molecule has 140 valence electrons. The van der Waals surface area contributed by atoms with E-state index < -0.39 is 0 Å². The molecule has 1 aliphatic carbocycles. The largest absolute Gasteiger partial charge is 0.488 e. The van der Waals surface area contributed by atoms with E-state index in [1.807, 2.05) is 50.2 Å². The van der Waals surface area contributed by atoms with Gasteiger partial charge in [-0.3, -0.25) is 9.59 Å². The molecule has 0 bridgehead atoms. The molecule has 0 unspecified atom stereocenters. The highest BCUT2D eigenvalue weighted by Crippen LogP contribution is 2.31. The number of hydrogen-bond acceptors (Lipinski definition) is 4. The SMILES string of the molecule is CC1(C)CC(=O)CC(=NNC(=O)c2ccccc2OCc2ccccc2)C1.